The van der Waals surface area contributed by atoms with Crippen LogP contribution in [0.3, 0.4) is 0 Å². The first-order valence-corrected chi connectivity index (χ1v) is 10.9. The average molecular weight is 422 g/mol. The average Bonchev–Trinajstić information content (AvgIpc) is 3.02. The number of carbonyl (C=O) groups excluding carboxylic acids is 3. The van der Waals surface area contributed by atoms with E-state index in [0.29, 0.717) is 17.8 Å². The molecule has 1 saturated heterocycles. The normalized spacial score (nSPS) is 20.9. The second-order valence-corrected chi connectivity index (χ2v) is 9.09. The predicted molar refractivity (Wildman–Crippen MR) is 106 cm³/mol. The molecule has 3 amide bonds. The lowest BCUT2D eigenvalue weighted by Crippen LogP contribution is -2.42. The monoisotopic (exact) mass is 422 g/mol. The van der Waals surface area contributed by atoms with Crippen LogP contribution in [-0.2, 0) is 29.0 Å². The Hall–Kier alpha value is -2.79. The fourth-order valence-electron chi connectivity index (χ4n) is 3.19. The summed E-state index contributed by atoms with van der Waals surface area (Å²) in [5, 5.41) is 10.6. The zero-order chi connectivity index (χ0) is 21.0. The van der Waals surface area contributed by atoms with Crippen LogP contribution in [0.1, 0.15) is 19.3 Å². The first-order valence-electron chi connectivity index (χ1n) is 9.07. The van der Waals surface area contributed by atoms with Crippen molar-refractivity contribution in [3.63, 3.8) is 0 Å². The lowest BCUT2D eigenvalue weighted by Gasteiger charge is -2.27. The van der Waals surface area contributed by atoms with Crippen molar-refractivity contribution in [1.82, 2.24) is 5.01 Å². The van der Waals surface area contributed by atoms with Crippen LogP contribution in [0.25, 0.3) is 0 Å². The molecule has 1 aromatic rings. The van der Waals surface area contributed by atoms with Crippen molar-refractivity contribution < 1.29 is 27.5 Å². The molecule has 1 atom stereocenters. The second-order valence-electron chi connectivity index (χ2n) is 6.86. The van der Waals surface area contributed by atoms with Crippen molar-refractivity contribution in [2.24, 2.45) is 5.10 Å². The smallest absolute Gasteiger partial charge is 0.271 e. The van der Waals surface area contributed by atoms with Gasteiger partial charge in [0.2, 0.25) is 11.8 Å². The Morgan fingerprint density at radius 1 is 1.24 bits per heavy atom. The fraction of sp³-hybridized carbons (Fsp3) is 0.444. The van der Waals surface area contributed by atoms with E-state index in [9.17, 15) is 22.8 Å². The molecule has 2 heterocycles. The minimum Gasteiger partial charge on any atom is -0.375 e. The van der Waals surface area contributed by atoms with E-state index < -0.39 is 21.8 Å². The van der Waals surface area contributed by atoms with Gasteiger partial charge in [-0.15, -0.1) is 0 Å². The molecule has 10 nitrogen and oxygen atoms in total. The van der Waals surface area contributed by atoms with Crippen LogP contribution in [0.5, 0.6) is 0 Å². The molecule has 0 radical (unpaired) electrons. The molecule has 1 aromatic carbocycles. The van der Waals surface area contributed by atoms with Crippen LogP contribution in [0.15, 0.2) is 29.4 Å². The topological polar surface area (TPSA) is 134 Å². The maximum atomic E-state index is 12.6. The molecule has 2 aliphatic rings. The lowest BCUT2D eigenvalue weighted by molar-refractivity contribution is -0.133. The molecule has 1 fully saturated rings. The zero-order valence-corrected chi connectivity index (χ0v) is 16.7. The number of nitrogens with one attached hydrogen (secondary N) is 2. The third-order valence-corrected chi connectivity index (χ3v) is 6.31. The van der Waals surface area contributed by atoms with Crippen molar-refractivity contribution >= 4 is 44.6 Å². The highest BCUT2D eigenvalue weighted by Gasteiger charge is 2.37. The number of hydrogen-bond donors (Lipinski definition) is 2. The van der Waals surface area contributed by atoms with Crippen molar-refractivity contribution in [3.05, 3.63) is 24.3 Å². The number of hydrazone groups is 1. The third-order valence-electron chi connectivity index (χ3n) is 4.56. The van der Waals surface area contributed by atoms with E-state index in [1.165, 1.54) is 7.11 Å². The summed E-state index contributed by atoms with van der Waals surface area (Å²) in [6, 6.07) is 6.04. The van der Waals surface area contributed by atoms with Gasteiger partial charge in [0.1, 0.15) is 12.3 Å². The highest BCUT2D eigenvalue weighted by molar-refractivity contribution is 7.91. The largest absolute Gasteiger partial charge is 0.375 e. The van der Waals surface area contributed by atoms with Gasteiger partial charge in [0.05, 0.1) is 17.5 Å². The Kier molecular flexibility index (Phi) is 6.28. The minimum atomic E-state index is -3.18. The summed E-state index contributed by atoms with van der Waals surface area (Å²) in [6.07, 6.45) is 0.580. The summed E-state index contributed by atoms with van der Waals surface area (Å²) < 4.78 is 28.1. The molecular weight excluding hydrogens is 400 g/mol. The molecule has 2 aliphatic heterocycles. The molecule has 11 heteroatoms. The molecule has 2 N–H and O–H groups in total. The van der Waals surface area contributed by atoms with E-state index in [1.54, 1.807) is 24.3 Å². The number of methoxy groups -OCH3 is 1. The number of ether oxygens (including phenoxy) is 1. The van der Waals surface area contributed by atoms with Gasteiger partial charge < -0.3 is 15.4 Å². The SMILES string of the molecule is COCC(=O)Nc1cccc(NC(=O)C2=NN(C3CCS(=O)(=O)C3)C(=O)CC2)c1. The molecule has 0 bridgehead atoms. The summed E-state index contributed by atoms with van der Waals surface area (Å²) in [5.74, 6) is -1.22. The van der Waals surface area contributed by atoms with Gasteiger partial charge in [0, 0.05) is 31.3 Å². The summed E-state index contributed by atoms with van der Waals surface area (Å²) >= 11 is 0. The Balaban J connectivity index is 1.69. The zero-order valence-electron chi connectivity index (χ0n) is 15.9. The van der Waals surface area contributed by atoms with Crippen LogP contribution < -0.4 is 10.6 Å². The minimum absolute atomic E-state index is 0.0140. The van der Waals surface area contributed by atoms with Gasteiger partial charge >= 0.3 is 0 Å². The maximum Gasteiger partial charge on any atom is 0.271 e. The first-order chi connectivity index (χ1) is 13.8. The summed E-state index contributed by atoms with van der Waals surface area (Å²) in [4.78, 5) is 36.4. The van der Waals surface area contributed by atoms with Crippen molar-refractivity contribution in [2.45, 2.75) is 25.3 Å². The predicted octanol–water partition coefficient (Wildman–Crippen LogP) is 0.375. The van der Waals surface area contributed by atoms with Gasteiger partial charge in [-0.1, -0.05) is 6.07 Å². The number of carbonyl (C=O) groups is 3. The van der Waals surface area contributed by atoms with E-state index in [1.807, 2.05) is 0 Å². The molecular formula is C18H22N4O6S. The number of hydrogen-bond acceptors (Lipinski definition) is 7. The standard InChI is InChI=1S/C18H22N4O6S/c1-28-10-16(23)19-12-3-2-4-13(9-12)20-18(25)15-5-6-17(24)22(21-15)14-7-8-29(26,27)11-14/h2-4,9,14H,5-8,10-11H2,1H3,(H,19,23)(H,20,25). The number of amides is 3. The third kappa shape index (κ3) is 5.39. The molecule has 0 aromatic heterocycles. The van der Waals surface area contributed by atoms with Gasteiger partial charge in [-0.05, 0) is 24.6 Å². The van der Waals surface area contributed by atoms with Crippen LogP contribution in [0.2, 0.25) is 0 Å². The summed E-state index contributed by atoms with van der Waals surface area (Å²) in [5.41, 5.74) is 1.09. The molecule has 0 aliphatic carbocycles. The van der Waals surface area contributed by atoms with Gasteiger partial charge in [-0.2, -0.15) is 5.10 Å². The Labute approximate surface area is 168 Å². The van der Waals surface area contributed by atoms with Gasteiger partial charge in [0.25, 0.3) is 5.91 Å². The van der Waals surface area contributed by atoms with Crippen LogP contribution in [0, 0.1) is 0 Å². The van der Waals surface area contributed by atoms with E-state index >= 15 is 0 Å². The van der Waals surface area contributed by atoms with Crippen LogP contribution in [-0.4, -0.2) is 68.1 Å². The lowest BCUT2D eigenvalue weighted by atomic mass is 10.1. The molecule has 3 rings (SSSR count). The van der Waals surface area contributed by atoms with Gasteiger partial charge in [-0.25, -0.2) is 13.4 Å². The highest BCUT2D eigenvalue weighted by atomic mass is 32.2. The first kappa shape index (κ1) is 20.9. The Morgan fingerprint density at radius 3 is 2.62 bits per heavy atom. The van der Waals surface area contributed by atoms with E-state index in [-0.39, 0.29) is 48.5 Å². The van der Waals surface area contributed by atoms with Crippen molar-refractivity contribution in [2.75, 3.05) is 35.9 Å². The van der Waals surface area contributed by atoms with Gasteiger partial charge in [-0.3, -0.25) is 14.4 Å². The second kappa shape index (κ2) is 8.70. The van der Waals surface area contributed by atoms with Crippen LogP contribution in [0.4, 0.5) is 11.4 Å². The number of benzene rings is 1. The molecule has 156 valence electrons. The summed E-state index contributed by atoms with van der Waals surface area (Å²) in [6.45, 7) is -0.0891. The van der Waals surface area contributed by atoms with Crippen molar-refractivity contribution in [3.8, 4) is 0 Å². The van der Waals surface area contributed by atoms with E-state index in [0.717, 1.165) is 5.01 Å². The number of anilines is 2. The molecule has 0 saturated carbocycles. The Morgan fingerprint density at radius 2 is 1.97 bits per heavy atom. The fourth-order valence-corrected chi connectivity index (χ4v) is 4.89. The van der Waals surface area contributed by atoms with Gasteiger partial charge in [0.15, 0.2) is 9.84 Å². The molecule has 0 spiro atoms. The quantitative estimate of drug-likeness (QED) is 0.680. The maximum absolute atomic E-state index is 12.6. The Bertz CT molecular complexity index is 959. The number of nitrogens with zero attached hydrogens (tertiary/aromatic N) is 2. The number of rotatable bonds is 6. The van der Waals surface area contributed by atoms with E-state index in [4.69, 9.17) is 4.74 Å². The number of sulfone groups is 1. The van der Waals surface area contributed by atoms with Crippen molar-refractivity contribution in [1.29, 1.82) is 0 Å². The van der Waals surface area contributed by atoms with Crippen LogP contribution >= 0.6 is 0 Å². The summed E-state index contributed by atoms with van der Waals surface area (Å²) in [7, 11) is -1.77. The molecule has 29 heavy (non-hydrogen) atoms. The van der Waals surface area contributed by atoms with E-state index in [2.05, 4.69) is 15.7 Å². The highest BCUT2D eigenvalue weighted by Crippen LogP contribution is 2.23. The molecule has 1 unspecified atom stereocenters.